The molecule has 0 aromatic heterocycles. The zero-order valence-electron chi connectivity index (χ0n) is 12.5. The second-order valence-corrected chi connectivity index (χ2v) is 6.06. The van der Waals surface area contributed by atoms with Gasteiger partial charge in [-0.3, -0.25) is 9.69 Å². The maximum atomic E-state index is 12.0. The third kappa shape index (κ3) is 5.57. The topological polar surface area (TPSA) is 56.1 Å². The van der Waals surface area contributed by atoms with Crippen LogP contribution < -0.4 is 5.32 Å². The highest BCUT2D eigenvalue weighted by Crippen LogP contribution is 2.19. The predicted octanol–water partition coefficient (Wildman–Crippen LogP) is 3.94. The van der Waals surface area contributed by atoms with Crippen molar-refractivity contribution in [3.63, 3.8) is 0 Å². The molecule has 0 aliphatic heterocycles. The van der Waals surface area contributed by atoms with Crippen LogP contribution in [0.2, 0.25) is 10.0 Å². The van der Waals surface area contributed by atoms with Gasteiger partial charge >= 0.3 is 0 Å². The second kappa shape index (κ2) is 7.98. The molecule has 0 radical (unpaired) electrons. The Morgan fingerprint density at radius 1 is 1.17 bits per heavy atom. The molecule has 0 bridgehead atoms. The summed E-state index contributed by atoms with van der Waals surface area (Å²) in [5.74, 6) is -0.134. The van der Waals surface area contributed by atoms with E-state index in [1.807, 2.05) is 30.1 Å². The van der Waals surface area contributed by atoms with Gasteiger partial charge in [-0.2, -0.15) is 5.26 Å². The molecule has 0 fully saturated rings. The van der Waals surface area contributed by atoms with Crippen LogP contribution in [0.3, 0.4) is 0 Å². The van der Waals surface area contributed by atoms with Crippen molar-refractivity contribution in [2.24, 2.45) is 0 Å². The minimum atomic E-state index is -0.134. The second-order valence-electron chi connectivity index (χ2n) is 5.19. The number of amides is 1. The zero-order valence-corrected chi connectivity index (χ0v) is 14.0. The summed E-state index contributed by atoms with van der Waals surface area (Å²) >= 11 is 11.9. The van der Waals surface area contributed by atoms with E-state index in [2.05, 4.69) is 5.32 Å². The van der Waals surface area contributed by atoms with Crippen LogP contribution in [0.4, 0.5) is 5.69 Å². The Bertz CT molecular complexity index is 718. The number of benzene rings is 2. The van der Waals surface area contributed by atoms with Gasteiger partial charge in [0.05, 0.1) is 18.2 Å². The lowest BCUT2D eigenvalue weighted by molar-refractivity contribution is -0.117. The van der Waals surface area contributed by atoms with Crippen molar-refractivity contribution < 1.29 is 4.79 Å². The quantitative estimate of drug-likeness (QED) is 0.891. The molecule has 0 atom stereocenters. The summed E-state index contributed by atoms with van der Waals surface area (Å²) in [6, 6.07) is 14.1. The first-order chi connectivity index (χ1) is 11.0. The van der Waals surface area contributed by atoms with E-state index in [1.165, 1.54) is 0 Å². The van der Waals surface area contributed by atoms with E-state index < -0.39 is 0 Å². The van der Waals surface area contributed by atoms with Crippen LogP contribution in [0.15, 0.2) is 42.5 Å². The lowest BCUT2D eigenvalue weighted by atomic mass is 10.2. The highest BCUT2D eigenvalue weighted by Gasteiger charge is 2.08. The van der Waals surface area contributed by atoms with Crippen molar-refractivity contribution in [2.75, 3.05) is 18.9 Å². The zero-order chi connectivity index (χ0) is 16.8. The molecule has 0 aliphatic carbocycles. The summed E-state index contributed by atoms with van der Waals surface area (Å²) in [6.45, 7) is 0.783. The van der Waals surface area contributed by atoms with E-state index in [0.29, 0.717) is 27.8 Å². The molecular formula is C17H15Cl2N3O. The van der Waals surface area contributed by atoms with E-state index >= 15 is 0 Å². The van der Waals surface area contributed by atoms with Crippen LogP contribution in [0, 0.1) is 11.3 Å². The molecule has 0 saturated carbocycles. The molecule has 118 valence electrons. The summed E-state index contributed by atoms with van der Waals surface area (Å²) in [4.78, 5) is 13.9. The van der Waals surface area contributed by atoms with Gasteiger partial charge in [-0.25, -0.2) is 0 Å². The summed E-state index contributed by atoms with van der Waals surface area (Å²) in [7, 11) is 1.84. The first-order valence-electron chi connectivity index (χ1n) is 6.90. The molecular weight excluding hydrogens is 333 g/mol. The Kier molecular flexibility index (Phi) is 6.00. The number of hydrogen-bond donors (Lipinski definition) is 1. The molecule has 1 amide bonds. The summed E-state index contributed by atoms with van der Waals surface area (Å²) < 4.78 is 0. The Morgan fingerprint density at radius 2 is 1.78 bits per heavy atom. The van der Waals surface area contributed by atoms with Crippen molar-refractivity contribution in [1.82, 2.24) is 4.90 Å². The average molecular weight is 348 g/mol. The lowest BCUT2D eigenvalue weighted by Gasteiger charge is -2.16. The normalized spacial score (nSPS) is 10.4. The summed E-state index contributed by atoms with van der Waals surface area (Å²) in [5.41, 5.74) is 2.15. The molecule has 0 spiro atoms. The fourth-order valence-corrected chi connectivity index (χ4v) is 2.71. The fraction of sp³-hybridized carbons (Fsp3) is 0.176. The minimum Gasteiger partial charge on any atom is -0.325 e. The van der Waals surface area contributed by atoms with Gasteiger partial charge in [-0.05, 0) is 55.1 Å². The Morgan fingerprint density at radius 3 is 2.35 bits per heavy atom. The summed E-state index contributed by atoms with van der Waals surface area (Å²) in [6.07, 6.45) is 0. The van der Waals surface area contributed by atoms with Crippen LogP contribution >= 0.6 is 23.2 Å². The molecule has 6 heteroatoms. The number of nitrogens with one attached hydrogen (secondary N) is 1. The van der Waals surface area contributed by atoms with Crippen LogP contribution in [0.1, 0.15) is 11.1 Å². The minimum absolute atomic E-state index is 0.134. The van der Waals surface area contributed by atoms with Crippen molar-refractivity contribution in [2.45, 2.75) is 6.54 Å². The van der Waals surface area contributed by atoms with Gasteiger partial charge in [0.15, 0.2) is 0 Å². The molecule has 0 heterocycles. The van der Waals surface area contributed by atoms with Gasteiger partial charge in [0.2, 0.25) is 5.91 Å². The van der Waals surface area contributed by atoms with Crippen molar-refractivity contribution in [1.29, 1.82) is 5.26 Å². The lowest BCUT2D eigenvalue weighted by Crippen LogP contribution is -2.29. The van der Waals surface area contributed by atoms with Gasteiger partial charge in [0, 0.05) is 22.3 Å². The maximum absolute atomic E-state index is 12.0. The Hall–Kier alpha value is -2.06. The first kappa shape index (κ1) is 17.3. The molecule has 4 nitrogen and oxygen atoms in total. The maximum Gasteiger partial charge on any atom is 0.238 e. The van der Waals surface area contributed by atoms with Gasteiger partial charge in [0.25, 0.3) is 0 Å². The molecule has 23 heavy (non-hydrogen) atoms. The number of nitriles is 1. The van der Waals surface area contributed by atoms with Crippen molar-refractivity contribution >= 4 is 34.8 Å². The van der Waals surface area contributed by atoms with Crippen molar-refractivity contribution in [3.05, 3.63) is 63.6 Å². The van der Waals surface area contributed by atoms with E-state index in [4.69, 9.17) is 28.5 Å². The summed E-state index contributed by atoms with van der Waals surface area (Å²) in [5, 5.41) is 12.7. The highest BCUT2D eigenvalue weighted by atomic mass is 35.5. The third-order valence-corrected chi connectivity index (χ3v) is 3.52. The van der Waals surface area contributed by atoms with Gasteiger partial charge in [0.1, 0.15) is 0 Å². The van der Waals surface area contributed by atoms with Crippen molar-refractivity contribution in [3.8, 4) is 6.07 Å². The van der Waals surface area contributed by atoms with E-state index in [9.17, 15) is 4.79 Å². The van der Waals surface area contributed by atoms with Gasteiger partial charge in [-0.15, -0.1) is 0 Å². The Balaban J connectivity index is 1.90. The molecule has 2 aromatic rings. The molecule has 2 rings (SSSR count). The molecule has 0 aliphatic rings. The number of carbonyl (C=O) groups is 1. The van der Waals surface area contributed by atoms with E-state index in [-0.39, 0.29) is 12.5 Å². The van der Waals surface area contributed by atoms with E-state index in [0.717, 1.165) is 5.56 Å². The molecule has 1 N–H and O–H groups in total. The van der Waals surface area contributed by atoms with Gasteiger partial charge in [-0.1, -0.05) is 23.2 Å². The third-order valence-electron chi connectivity index (χ3n) is 3.09. The number of rotatable bonds is 5. The number of anilines is 1. The molecule has 2 aromatic carbocycles. The monoisotopic (exact) mass is 347 g/mol. The average Bonchev–Trinajstić information content (AvgIpc) is 2.46. The fourth-order valence-electron chi connectivity index (χ4n) is 2.14. The SMILES string of the molecule is CN(CC(=O)Nc1ccc(C#N)cc1)Cc1cc(Cl)cc(Cl)c1. The number of hydrogen-bond acceptors (Lipinski definition) is 3. The van der Waals surface area contributed by atoms with E-state index in [1.54, 1.807) is 30.3 Å². The van der Waals surface area contributed by atoms with Crippen LogP contribution in [-0.2, 0) is 11.3 Å². The van der Waals surface area contributed by atoms with Crippen LogP contribution in [-0.4, -0.2) is 24.4 Å². The van der Waals surface area contributed by atoms with Crippen LogP contribution in [0.25, 0.3) is 0 Å². The standard InChI is InChI=1S/C17H15Cl2N3O/c1-22(10-13-6-14(18)8-15(19)7-13)11-17(23)21-16-4-2-12(9-20)3-5-16/h2-8H,10-11H2,1H3,(H,21,23). The molecule has 0 unspecified atom stereocenters. The molecule has 0 saturated heterocycles. The van der Waals surface area contributed by atoms with Crippen LogP contribution in [0.5, 0.6) is 0 Å². The largest absolute Gasteiger partial charge is 0.325 e. The number of likely N-dealkylation sites (N-methyl/N-ethyl adjacent to an activating group) is 1. The smallest absolute Gasteiger partial charge is 0.238 e. The Labute approximate surface area is 145 Å². The predicted molar refractivity (Wildman–Crippen MR) is 92.6 cm³/mol. The number of halogens is 2. The first-order valence-corrected chi connectivity index (χ1v) is 7.65. The number of carbonyl (C=O) groups excluding carboxylic acids is 1. The highest BCUT2D eigenvalue weighted by molar-refractivity contribution is 6.34. The van der Waals surface area contributed by atoms with Gasteiger partial charge < -0.3 is 5.32 Å². The number of nitrogens with zero attached hydrogens (tertiary/aromatic N) is 2.